The number of halogens is 1. The molecule has 7 nitrogen and oxygen atoms in total. The highest BCUT2D eigenvalue weighted by Gasteiger charge is 2.35. The lowest BCUT2D eigenvalue weighted by atomic mass is 10.1. The Morgan fingerprint density at radius 3 is 2.42 bits per heavy atom. The van der Waals surface area contributed by atoms with E-state index in [2.05, 4.69) is 0 Å². The Balaban J connectivity index is 1.56. The maximum atomic E-state index is 13.5. The highest BCUT2D eigenvalue weighted by atomic mass is 35.5. The van der Waals surface area contributed by atoms with Gasteiger partial charge in [0.15, 0.2) is 0 Å². The topological polar surface area (TPSA) is 90.7 Å². The van der Waals surface area contributed by atoms with Crippen LogP contribution in [0.15, 0.2) is 41.3 Å². The summed E-state index contributed by atoms with van der Waals surface area (Å²) < 4.78 is 34.3. The summed E-state index contributed by atoms with van der Waals surface area (Å²) in [7, 11) is -3.95. The number of sulfonamides is 1. The zero-order valence-corrected chi connectivity index (χ0v) is 20.0. The number of benzene rings is 2. The highest BCUT2D eigenvalue weighted by molar-refractivity contribution is 7.89. The van der Waals surface area contributed by atoms with Crippen LogP contribution in [0.25, 0.3) is 0 Å². The van der Waals surface area contributed by atoms with Crippen LogP contribution < -0.4 is 4.74 Å². The molecule has 1 heterocycles. The van der Waals surface area contributed by atoms with Gasteiger partial charge in [-0.05, 0) is 61.7 Å². The van der Waals surface area contributed by atoms with Gasteiger partial charge < -0.3 is 9.64 Å². The number of rotatable bonds is 5. The van der Waals surface area contributed by atoms with Crippen LogP contribution in [-0.4, -0.2) is 49.7 Å². The van der Waals surface area contributed by atoms with Gasteiger partial charge in [-0.15, -0.1) is 0 Å². The summed E-state index contributed by atoms with van der Waals surface area (Å²) in [6, 6.07) is 11.5. The van der Waals surface area contributed by atoms with Crippen LogP contribution in [0.4, 0.5) is 0 Å². The van der Waals surface area contributed by atoms with E-state index in [0.29, 0.717) is 23.9 Å². The summed E-state index contributed by atoms with van der Waals surface area (Å²) in [6.07, 6.45) is 3.99. The van der Waals surface area contributed by atoms with Crippen molar-refractivity contribution in [1.82, 2.24) is 9.21 Å². The summed E-state index contributed by atoms with van der Waals surface area (Å²) in [5, 5.41) is 9.81. The zero-order chi connectivity index (χ0) is 23.6. The number of hydrogen-bond donors (Lipinski definition) is 0. The molecule has 2 aromatic carbocycles. The highest BCUT2D eigenvalue weighted by Crippen LogP contribution is 2.34. The minimum Gasteiger partial charge on any atom is -0.456 e. The van der Waals surface area contributed by atoms with Gasteiger partial charge in [-0.2, -0.15) is 9.57 Å². The van der Waals surface area contributed by atoms with Crippen LogP contribution in [0.1, 0.15) is 36.8 Å². The third-order valence-electron chi connectivity index (χ3n) is 6.19. The number of carbonyl (C=O) groups is 1. The number of aryl methyl sites for hydroxylation is 1. The van der Waals surface area contributed by atoms with Gasteiger partial charge in [-0.3, -0.25) is 4.79 Å². The molecule has 0 radical (unpaired) electrons. The molecular formula is C24H26ClN3O4S. The molecule has 0 aromatic heterocycles. The first-order valence-electron chi connectivity index (χ1n) is 11.1. The number of hydrogen-bond acceptors (Lipinski definition) is 5. The molecule has 1 aliphatic heterocycles. The van der Waals surface area contributed by atoms with Gasteiger partial charge in [-0.25, -0.2) is 8.42 Å². The normalized spacial score (nSPS) is 17.7. The number of piperazine rings is 1. The van der Waals surface area contributed by atoms with E-state index in [9.17, 15) is 18.5 Å². The third kappa shape index (κ3) is 5.16. The Morgan fingerprint density at radius 2 is 1.79 bits per heavy atom. The first-order chi connectivity index (χ1) is 15.8. The van der Waals surface area contributed by atoms with Crippen molar-refractivity contribution in [3.8, 4) is 17.6 Å². The van der Waals surface area contributed by atoms with Crippen molar-refractivity contribution in [2.75, 3.05) is 26.2 Å². The second-order valence-electron chi connectivity index (χ2n) is 8.55. The maximum Gasteiger partial charge on any atom is 0.246 e. The molecule has 1 saturated heterocycles. The van der Waals surface area contributed by atoms with Crippen molar-refractivity contribution in [2.24, 2.45) is 5.92 Å². The second kappa shape index (κ2) is 9.72. The van der Waals surface area contributed by atoms with Crippen molar-refractivity contribution in [1.29, 1.82) is 5.26 Å². The van der Waals surface area contributed by atoms with E-state index in [4.69, 9.17) is 16.3 Å². The average molecular weight is 488 g/mol. The predicted molar refractivity (Wildman–Crippen MR) is 125 cm³/mol. The minimum absolute atomic E-state index is 0.0709. The lowest BCUT2D eigenvalue weighted by Crippen LogP contribution is -2.51. The summed E-state index contributed by atoms with van der Waals surface area (Å²) in [5.41, 5.74) is 1.09. The molecule has 33 heavy (non-hydrogen) atoms. The molecule has 4 rings (SSSR count). The Kier molecular flexibility index (Phi) is 6.94. The predicted octanol–water partition coefficient (Wildman–Crippen LogP) is 4.34. The van der Waals surface area contributed by atoms with Gasteiger partial charge in [0.05, 0.1) is 11.6 Å². The summed E-state index contributed by atoms with van der Waals surface area (Å²) in [4.78, 5) is 14.4. The van der Waals surface area contributed by atoms with Gasteiger partial charge in [0.1, 0.15) is 16.4 Å². The van der Waals surface area contributed by atoms with Crippen LogP contribution in [0.3, 0.4) is 0 Å². The standard InChI is InChI=1S/C24H26ClN3O4S/c1-17-12-20(25)15-21(13-17)32-22-7-6-18(16-26)14-23(22)33(30,31)28-10-8-27(9-11-28)24(29)19-4-2-3-5-19/h6-7,12-15,19H,2-5,8-11H2,1H3. The molecule has 0 unspecified atom stereocenters. The quantitative estimate of drug-likeness (QED) is 0.625. The fraction of sp³-hybridized carbons (Fsp3) is 0.417. The molecule has 0 bridgehead atoms. The van der Waals surface area contributed by atoms with E-state index in [1.54, 1.807) is 23.1 Å². The van der Waals surface area contributed by atoms with E-state index in [1.807, 2.05) is 13.0 Å². The van der Waals surface area contributed by atoms with Crippen molar-refractivity contribution in [2.45, 2.75) is 37.5 Å². The molecule has 2 fully saturated rings. The zero-order valence-electron chi connectivity index (χ0n) is 18.5. The Bertz CT molecular complexity index is 1170. The fourth-order valence-corrected chi connectivity index (χ4v) is 6.31. The maximum absolute atomic E-state index is 13.5. The largest absolute Gasteiger partial charge is 0.456 e. The lowest BCUT2D eigenvalue weighted by Gasteiger charge is -2.35. The molecular weight excluding hydrogens is 462 g/mol. The first kappa shape index (κ1) is 23.6. The summed E-state index contributed by atoms with van der Waals surface area (Å²) in [6.45, 7) is 2.98. The van der Waals surface area contributed by atoms with Crippen LogP contribution in [0, 0.1) is 24.2 Å². The second-order valence-corrected chi connectivity index (χ2v) is 10.9. The molecule has 9 heteroatoms. The number of ether oxygens (including phenoxy) is 1. The van der Waals surface area contributed by atoms with E-state index in [-0.39, 0.29) is 41.1 Å². The van der Waals surface area contributed by atoms with Gasteiger partial charge in [-0.1, -0.05) is 24.4 Å². The van der Waals surface area contributed by atoms with Crippen LogP contribution >= 0.6 is 11.6 Å². The number of carbonyl (C=O) groups excluding carboxylic acids is 1. The van der Waals surface area contributed by atoms with Crippen molar-refractivity contribution in [3.63, 3.8) is 0 Å². The van der Waals surface area contributed by atoms with Crippen molar-refractivity contribution in [3.05, 3.63) is 52.5 Å². The van der Waals surface area contributed by atoms with Crippen molar-refractivity contribution < 1.29 is 17.9 Å². The fourth-order valence-electron chi connectivity index (χ4n) is 4.47. The van der Waals surface area contributed by atoms with Gasteiger partial charge in [0.25, 0.3) is 0 Å². The van der Waals surface area contributed by atoms with E-state index in [1.165, 1.54) is 22.5 Å². The Morgan fingerprint density at radius 1 is 1.09 bits per heavy atom. The lowest BCUT2D eigenvalue weighted by molar-refractivity contribution is -0.136. The Hall–Kier alpha value is -2.60. The molecule has 2 aromatic rings. The molecule has 0 atom stereocenters. The van der Waals surface area contributed by atoms with Gasteiger partial charge in [0.2, 0.25) is 15.9 Å². The van der Waals surface area contributed by atoms with E-state index in [0.717, 1.165) is 31.2 Å². The van der Waals surface area contributed by atoms with Crippen LogP contribution in [0.5, 0.6) is 11.5 Å². The Labute approximate surface area is 199 Å². The van der Waals surface area contributed by atoms with Gasteiger partial charge >= 0.3 is 0 Å². The van der Waals surface area contributed by atoms with Crippen LogP contribution in [-0.2, 0) is 14.8 Å². The minimum atomic E-state index is -3.95. The molecule has 1 aliphatic carbocycles. The first-order valence-corrected chi connectivity index (χ1v) is 12.9. The van der Waals surface area contributed by atoms with Gasteiger partial charge in [0, 0.05) is 37.1 Å². The number of nitriles is 1. The van der Waals surface area contributed by atoms with Crippen LogP contribution in [0.2, 0.25) is 5.02 Å². The average Bonchev–Trinajstić information content (AvgIpc) is 3.33. The van der Waals surface area contributed by atoms with E-state index >= 15 is 0 Å². The number of nitrogens with zero attached hydrogens (tertiary/aromatic N) is 3. The SMILES string of the molecule is Cc1cc(Cl)cc(Oc2ccc(C#N)cc2S(=O)(=O)N2CCN(C(=O)C3CCCC3)CC2)c1. The third-order valence-corrected chi connectivity index (χ3v) is 8.33. The van der Waals surface area contributed by atoms with E-state index < -0.39 is 10.0 Å². The molecule has 1 saturated carbocycles. The molecule has 0 N–H and O–H groups in total. The smallest absolute Gasteiger partial charge is 0.246 e. The molecule has 174 valence electrons. The summed E-state index contributed by atoms with van der Waals surface area (Å²) in [5.74, 6) is 0.742. The monoisotopic (exact) mass is 487 g/mol. The molecule has 1 amide bonds. The molecule has 2 aliphatic rings. The van der Waals surface area contributed by atoms with Crippen molar-refractivity contribution >= 4 is 27.5 Å². The molecule has 0 spiro atoms. The number of amides is 1. The summed E-state index contributed by atoms with van der Waals surface area (Å²) >= 11 is 6.12.